The molecule has 3 rings (SSSR count). The number of piperidine rings is 1. The largest absolute Gasteiger partial charge is 0.303 e. The molecule has 29 heavy (non-hydrogen) atoms. The van der Waals surface area contributed by atoms with E-state index in [1.165, 1.54) is 24.1 Å². The second kappa shape index (κ2) is 13.2. The third kappa shape index (κ3) is 9.01. The zero-order valence-electron chi connectivity index (χ0n) is 16.8. The number of rotatable bonds is 8. The van der Waals surface area contributed by atoms with Gasteiger partial charge >= 0.3 is 0 Å². The zero-order valence-corrected chi connectivity index (χ0v) is 19.3. The fourth-order valence-corrected chi connectivity index (χ4v) is 4.02. The molecule has 0 spiro atoms. The molecule has 0 radical (unpaired) electrons. The fraction of sp³-hybridized carbons (Fsp3) is 0.476. The van der Waals surface area contributed by atoms with Gasteiger partial charge in [-0.05, 0) is 68.5 Å². The SMILES string of the molecule is Cc1cccc(CCN2CCC(Cc3ccc(CN[SH](=O)=O)cc3)CC2)n1.Cl.Cl. The van der Waals surface area contributed by atoms with Crippen LogP contribution in [0, 0.1) is 12.8 Å². The Bertz CT molecular complexity index is 800. The highest BCUT2D eigenvalue weighted by Crippen LogP contribution is 2.22. The van der Waals surface area contributed by atoms with E-state index in [-0.39, 0.29) is 24.8 Å². The van der Waals surface area contributed by atoms with Crippen LogP contribution in [0.4, 0.5) is 0 Å². The Morgan fingerprint density at radius 2 is 1.69 bits per heavy atom. The van der Waals surface area contributed by atoms with Crippen LogP contribution in [0.25, 0.3) is 0 Å². The zero-order chi connectivity index (χ0) is 19.1. The van der Waals surface area contributed by atoms with Gasteiger partial charge in [0.25, 0.3) is 0 Å². The van der Waals surface area contributed by atoms with Crippen LogP contribution in [0.3, 0.4) is 0 Å². The molecule has 162 valence electrons. The van der Waals surface area contributed by atoms with Crippen molar-refractivity contribution in [3.8, 4) is 0 Å². The predicted molar refractivity (Wildman–Crippen MR) is 124 cm³/mol. The van der Waals surface area contributed by atoms with Gasteiger partial charge in [0, 0.05) is 30.9 Å². The molecule has 2 heterocycles. The van der Waals surface area contributed by atoms with E-state index in [1.54, 1.807) is 0 Å². The molecular formula is C21H31Cl2N3O2S. The molecule has 1 fully saturated rings. The molecule has 1 saturated heterocycles. The van der Waals surface area contributed by atoms with E-state index >= 15 is 0 Å². The highest BCUT2D eigenvalue weighted by Gasteiger charge is 2.19. The lowest BCUT2D eigenvalue weighted by atomic mass is 9.90. The first-order valence-electron chi connectivity index (χ1n) is 9.69. The lowest BCUT2D eigenvalue weighted by molar-refractivity contribution is 0.185. The number of nitrogens with one attached hydrogen (secondary N) is 1. The summed E-state index contributed by atoms with van der Waals surface area (Å²) in [5.41, 5.74) is 4.62. The fourth-order valence-electron chi connectivity index (χ4n) is 3.71. The van der Waals surface area contributed by atoms with Crippen molar-refractivity contribution in [2.75, 3.05) is 19.6 Å². The van der Waals surface area contributed by atoms with Crippen LogP contribution < -0.4 is 4.72 Å². The topological polar surface area (TPSA) is 62.3 Å². The maximum Gasteiger partial charge on any atom is 0.201 e. The number of aromatic nitrogens is 1. The maximum atomic E-state index is 10.6. The van der Waals surface area contributed by atoms with Crippen LogP contribution in [0.5, 0.6) is 0 Å². The number of hydrogen-bond acceptors (Lipinski definition) is 4. The molecule has 1 aliphatic heterocycles. The third-order valence-electron chi connectivity index (χ3n) is 5.30. The summed E-state index contributed by atoms with van der Waals surface area (Å²) in [6.45, 7) is 5.83. The molecule has 0 atom stereocenters. The lowest BCUT2D eigenvalue weighted by Crippen LogP contribution is -2.35. The summed E-state index contributed by atoms with van der Waals surface area (Å²) in [5, 5.41) is 0. The molecule has 1 aromatic carbocycles. The van der Waals surface area contributed by atoms with Crippen LogP contribution in [-0.4, -0.2) is 37.9 Å². The van der Waals surface area contributed by atoms with Gasteiger partial charge in [-0.25, -0.2) is 13.1 Å². The first-order valence-corrected chi connectivity index (χ1v) is 10.9. The molecule has 1 N–H and O–H groups in total. The second-order valence-corrected chi connectivity index (χ2v) is 8.25. The van der Waals surface area contributed by atoms with E-state index < -0.39 is 10.9 Å². The first-order chi connectivity index (χ1) is 13.1. The van der Waals surface area contributed by atoms with Crippen LogP contribution in [0.2, 0.25) is 0 Å². The van der Waals surface area contributed by atoms with Gasteiger partial charge in [0.1, 0.15) is 0 Å². The molecule has 1 aromatic heterocycles. The number of aryl methyl sites for hydroxylation is 1. The third-order valence-corrected chi connectivity index (χ3v) is 5.71. The second-order valence-electron chi connectivity index (χ2n) is 7.42. The highest BCUT2D eigenvalue weighted by atomic mass is 35.5. The smallest absolute Gasteiger partial charge is 0.201 e. The van der Waals surface area contributed by atoms with E-state index in [0.29, 0.717) is 6.54 Å². The Morgan fingerprint density at radius 3 is 2.31 bits per heavy atom. The van der Waals surface area contributed by atoms with E-state index in [1.807, 2.05) is 25.1 Å². The van der Waals surface area contributed by atoms with Crippen molar-refractivity contribution in [3.63, 3.8) is 0 Å². The number of nitrogens with zero attached hydrogens (tertiary/aromatic N) is 2. The lowest BCUT2D eigenvalue weighted by Gasteiger charge is -2.32. The predicted octanol–water partition coefficient (Wildman–Crippen LogP) is 3.35. The number of benzene rings is 1. The minimum Gasteiger partial charge on any atom is -0.303 e. The summed E-state index contributed by atoms with van der Waals surface area (Å²) < 4.78 is 23.6. The van der Waals surface area contributed by atoms with Crippen molar-refractivity contribution in [3.05, 3.63) is 65.0 Å². The average Bonchev–Trinajstić information content (AvgIpc) is 2.67. The van der Waals surface area contributed by atoms with E-state index in [9.17, 15) is 8.42 Å². The Labute approximate surface area is 188 Å². The minimum absolute atomic E-state index is 0. The van der Waals surface area contributed by atoms with Crippen LogP contribution >= 0.6 is 24.8 Å². The summed E-state index contributed by atoms with van der Waals surface area (Å²) in [6.07, 6.45) is 4.61. The van der Waals surface area contributed by atoms with Gasteiger partial charge in [-0.1, -0.05) is 30.3 Å². The summed E-state index contributed by atoms with van der Waals surface area (Å²) in [6, 6.07) is 14.6. The van der Waals surface area contributed by atoms with Crippen LogP contribution in [0.1, 0.15) is 35.4 Å². The summed E-state index contributed by atoms with van der Waals surface area (Å²) in [7, 11) is -2.53. The van der Waals surface area contributed by atoms with Crippen molar-refractivity contribution in [2.45, 2.75) is 39.2 Å². The van der Waals surface area contributed by atoms with Crippen LogP contribution in [-0.2, 0) is 30.3 Å². The van der Waals surface area contributed by atoms with Gasteiger partial charge < -0.3 is 4.90 Å². The van der Waals surface area contributed by atoms with Crippen LogP contribution in [0.15, 0.2) is 42.5 Å². The van der Waals surface area contributed by atoms with Gasteiger partial charge in [0.05, 0.1) is 0 Å². The Balaban J connectivity index is 0.00000210. The van der Waals surface area contributed by atoms with Gasteiger partial charge in [-0.3, -0.25) is 4.98 Å². The number of halogens is 2. The normalized spacial score (nSPS) is 15.0. The van der Waals surface area contributed by atoms with Gasteiger partial charge in [0.15, 0.2) is 0 Å². The molecule has 0 amide bonds. The quantitative estimate of drug-likeness (QED) is 0.594. The van der Waals surface area contributed by atoms with Crippen molar-refractivity contribution >= 4 is 35.7 Å². The highest BCUT2D eigenvalue weighted by molar-refractivity contribution is 7.70. The number of pyridine rings is 1. The molecule has 5 nitrogen and oxygen atoms in total. The van der Waals surface area contributed by atoms with E-state index in [0.717, 1.165) is 49.7 Å². The van der Waals surface area contributed by atoms with Crippen molar-refractivity contribution in [1.82, 2.24) is 14.6 Å². The van der Waals surface area contributed by atoms with E-state index in [4.69, 9.17) is 0 Å². The van der Waals surface area contributed by atoms with Gasteiger partial charge in [0.2, 0.25) is 10.9 Å². The molecule has 1 aliphatic rings. The Kier molecular flexibility index (Phi) is 11.8. The molecule has 8 heteroatoms. The number of thiol groups is 1. The van der Waals surface area contributed by atoms with Crippen molar-refractivity contribution < 1.29 is 8.42 Å². The van der Waals surface area contributed by atoms with E-state index in [2.05, 4.69) is 38.9 Å². The van der Waals surface area contributed by atoms with Gasteiger partial charge in [-0.15, -0.1) is 24.8 Å². The standard InChI is InChI=1S/C21H29N3O2S.2ClH/c1-17-3-2-4-21(23-17)11-14-24-12-9-19(10-13-24)15-18-5-7-20(8-6-18)16-22-27(25)26;;/h2-8,19,27H,9-16H2,1H3,(H,22,25,26);2*1H. The number of hydrogen-bond donors (Lipinski definition) is 2. The first kappa shape index (κ1) is 25.9. The molecule has 0 saturated carbocycles. The number of likely N-dealkylation sites (tertiary alicyclic amines) is 1. The Morgan fingerprint density at radius 1 is 1.03 bits per heavy atom. The van der Waals surface area contributed by atoms with Crippen molar-refractivity contribution in [1.29, 1.82) is 0 Å². The maximum absolute atomic E-state index is 10.6. The summed E-state index contributed by atoms with van der Waals surface area (Å²) >= 11 is 0. The molecular weight excluding hydrogens is 429 g/mol. The molecule has 0 aliphatic carbocycles. The summed E-state index contributed by atoms with van der Waals surface area (Å²) in [5.74, 6) is 0.735. The summed E-state index contributed by atoms with van der Waals surface area (Å²) in [4.78, 5) is 7.15. The molecule has 0 bridgehead atoms. The monoisotopic (exact) mass is 459 g/mol. The van der Waals surface area contributed by atoms with Gasteiger partial charge in [-0.2, -0.15) is 0 Å². The Hall–Kier alpha value is -1.18. The molecule has 0 unspecified atom stereocenters. The van der Waals surface area contributed by atoms with Crippen molar-refractivity contribution in [2.24, 2.45) is 5.92 Å². The average molecular weight is 460 g/mol. The molecule has 2 aromatic rings. The minimum atomic E-state index is -2.53.